The lowest BCUT2D eigenvalue weighted by atomic mass is 9.93. The van der Waals surface area contributed by atoms with Gasteiger partial charge in [-0.15, -0.1) is 0 Å². The lowest BCUT2D eigenvalue weighted by Gasteiger charge is -2.31. The zero-order valence-electron chi connectivity index (χ0n) is 12.9. The number of hydrogen-bond donors (Lipinski definition) is 1. The van der Waals surface area contributed by atoms with E-state index in [9.17, 15) is 0 Å². The van der Waals surface area contributed by atoms with Crippen molar-refractivity contribution in [2.75, 3.05) is 26.7 Å². The molecule has 1 aromatic carbocycles. The number of nitrogens with zero attached hydrogens (tertiary/aromatic N) is 1. The van der Waals surface area contributed by atoms with Crippen LogP contribution in [0.4, 0.5) is 0 Å². The second kappa shape index (κ2) is 7.44. The van der Waals surface area contributed by atoms with E-state index in [0.29, 0.717) is 12.0 Å². The lowest BCUT2D eigenvalue weighted by molar-refractivity contribution is 0.209. The third-order valence-corrected chi connectivity index (χ3v) is 4.61. The summed E-state index contributed by atoms with van der Waals surface area (Å²) in [4.78, 5) is 2.43. The van der Waals surface area contributed by atoms with Crippen molar-refractivity contribution in [2.45, 2.75) is 32.7 Å². The molecule has 1 N–H and O–H groups in total. The second-order valence-corrected chi connectivity index (χ2v) is 6.86. The molecule has 0 bridgehead atoms. The highest BCUT2D eigenvalue weighted by Gasteiger charge is 2.20. The van der Waals surface area contributed by atoms with Gasteiger partial charge in [-0.2, -0.15) is 0 Å². The van der Waals surface area contributed by atoms with Crippen LogP contribution in [0.15, 0.2) is 24.3 Å². The highest BCUT2D eigenvalue weighted by Crippen LogP contribution is 2.24. The van der Waals surface area contributed by atoms with E-state index < -0.39 is 0 Å². The summed E-state index contributed by atoms with van der Waals surface area (Å²) in [5, 5.41) is 4.59. The fourth-order valence-electron chi connectivity index (χ4n) is 2.97. The molecule has 112 valence electrons. The maximum Gasteiger partial charge on any atom is 0.0406 e. The van der Waals surface area contributed by atoms with Gasteiger partial charge in [0.1, 0.15) is 0 Å². The molecule has 3 heteroatoms. The van der Waals surface area contributed by atoms with E-state index in [2.05, 4.69) is 43.2 Å². The largest absolute Gasteiger partial charge is 0.309 e. The molecule has 1 fully saturated rings. The summed E-state index contributed by atoms with van der Waals surface area (Å²) >= 11 is 5.98. The molecule has 1 aromatic rings. The standard InChI is InChI=1S/C17H27ClN2/c1-13(2)17(15-4-6-16(18)7-5-15)19-12-14-8-10-20(3)11-9-14/h4-7,13-14,17,19H,8-12H2,1-3H3. The first-order valence-corrected chi connectivity index (χ1v) is 8.11. The molecule has 2 nitrogen and oxygen atoms in total. The molecule has 1 atom stereocenters. The van der Waals surface area contributed by atoms with Gasteiger partial charge in [0, 0.05) is 11.1 Å². The van der Waals surface area contributed by atoms with Crippen molar-refractivity contribution < 1.29 is 0 Å². The lowest BCUT2D eigenvalue weighted by Crippen LogP contribution is -2.37. The molecule has 0 amide bonds. The van der Waals surface area contributed by atoms with E-state index in [1.807, 2.05) is 12.1 Å². The van der Waals surface area contributed by atoms with Crippen LogP contribution in [-0.4, -0.2) is 31.6 Å². The van der Waals surface area contributed by atoms with Crippen LogP contribution in [0.2, 0.25) is 5.02 Å². The van der Waals surface area contributed by atoms with Crippen LogP contribution in [0.5, 0.6) is 0 Å². The summed E-state index contributed by atoms with van der Waals surface area (Å²) in [6.45, 7) is 8.15. The molecule has 1 aliphatic rings. The van der Waals surface area contributed by atoms with Gasteiger partial charge in [-0.25, -0.2) is 0 Å². The van der Waals surface area contributed by atoms with Gasteiger partial charge in [-0.05, 0) is 69.1 Å². The highest BCUT2D eigenvalue weighted by atomic mass is 35.5. The summed E-state index contributed by atoms with van der Waals surface area (Å²) < 4.78 is 0. The zero-order chi connectivity index (χ0) is 14.5. The van der Waals surface area contributed by atoms with Crippen LogP contribution in [-0.2, 0) is 0 Å². The Bertz CT molecular complexity index is 394. The number of likely N-dealkylation sites (tertiary alicyclic amines) is 1. The second-order valence-electron chi connectivity index (χ2n) is 6.43. The highest BCUT2D eigenvalue weighted by molar-refractivity contribution is 6.30. The van der Waals surface area contributed by atoms with Crippen molar-refractivity contribution in [1.82, 2.24) is 10.2 Å². The van der Waals surface area contributed by atoms with Gasteiger partial charge >= 0.3 is 0 Å². The molecule has 0 aliphatic carbocycles. The summed E-state index contributed by atoms with van der Waals surface area (Å²) in [5.41, 5.74) is 1.34. The molecule has 20 heavy (non-hydrogen) atoms. The van der Waals surface area contributed by atoms with Crippen LogP contribution in [0.1, 0.15) is 38.3 Å². The smallest absolute Gasteiger partial charge is 0.0406 e. The monoisotopic (exact) mass is 294 g/mol. The van der Waals surface area contributed by atoms with Crippen molar-refractivity contribution in [3.05, 3.63) is 34.9 Å². The fraction of sp³-hybridized carbons (Fsp3) is 0.647. The molecular weight excluding hydrogens is 268 g/mol. The Morgan fingerprint density at radius 1 is 1.20 bits per heavy atom. The van der Waals surface area contributed by atoms with Crippen LogP contribution in [0.25, 0.3) is 0 Å². The number of hydrogen-bond acceptors (Lipinski definition) is 2. The Morgan fingerprint density at radius 2 is 1.80 bits per heavy atom. The van der Waals surface area contributed by atoms with Crippen LogP contribution in [0, 0.1) is 11.8 Å². The SMILES string of the molecule is CC(C)C(NCC1CCN(C)CC1)c1ccc(Cl)cc1. The topological polar surface area (TPSA) is 15.3 Å². The molecular formula is C17H27ClN2. The molecule has 0 spiro atoms. The third-order valence-electron chi connectivity index (χ3n) is 4.36. The van der Waals surface area contributed by atoms with E-state index in [0.717, 1.165) is 17.5 Å². The first-order valence-electron chi connectivity index (χ1n) is 7.73. The van der Waals surface area contributed by atoms with Gasteiger partial charge in [-0.3, -0.25) is 0 Å². The summed E-state index contributed by atoms with van der Waals surface area (Å²) in [6.07, 6.45) is 2.63. The van der Waals surface area contributed by atoms with Crippen molar-refractivity contribution in [2.24, 2.45) is 11.8 Å². The molecule has 1 saturated heterocycles. The number of benzene rings is 1. The number of rotatable bonds is 5. The fourth-order valence-corrected chi connectivity index (χ4v) is 3.09. The Balaban J connectivity index is 1.91. The van der Waals surface area contributed by atoms with Crippen LogP contribution < -0.4 is 5.32 Å². The van der Waals surface area contributed by atoms with Gasteiger partial charge in [0.15, 0.2) is 0 Å². The van der Waals surface area contributed by atoms with E-state index in [1.54, 1.807) is 0 Å². The van der Waals surface area contributed by atoms with Crippen LogP contribution >= 0.6 is 11.6 Å². The molecule has 2 rings (SSSR count). The molecule has 1 unspecified atom stereocenters. The Morgan fingerprint density at radius 3 is 2.35 bits per heavy atom. The quantitative estimate of drug-likeness (QED) is 0.884. The van der Waals surface area contributed by atoms with E-state index in [-0.39, 0.29) is 0 Å². The molecule has 0 radical (unpaired) electrons. The van der Waals surface area contributed by atoms with E-state index in [1.165, 1.54) is 31.5 Å². The van der Waals surface area contributed by atoms with E-state index in [4.69, 9.17) is 11.6 Å². The van der Waals surface area contributed by atoms with Gasteiger partial charge in [0.05, 0.1) is 0 Å². The minimum absolute atomic E-state index is 0.423. The Labute approximate surface area is 128 Å². The predicted molar refractivity (Wildman–Crippen MR) is 87.3 cm³/mol. The average molecular weight is 295 g/mol. The van der Waals surface area contributed by atoms with Gasteiger partial charge in [-0.1, -0.05) is 37.6 Å². The average Bonchev–Trinajstić information content (AvgIpc) is 2.43. The number of nitrogens with one attached hydrogen (secondary N) is 1. The third kappa shape index (κ3) is 4.47. The molecule has 1 aliphatic heterocycles. The van der Waals surface area contributed by atoms with Crippen molar-refractivity contribution in [1.29, 1.82) is 0 Å². The first kappa shape index (κ1) is 15.8. The zero-order valence-corrected chi connectivity index (χ0v) is 13.7. The minimum Gasteiger partial charge on any atom is -0.309 e. The number of piperidine rings is 1. The van der Waals surface area contributed by atoms with Gasteiger partial charge in [0.25, 0.3) is 0 Å². The molecule has 0 aromatic heterocycles. The number of halogens is 1. The normalized spacial score (nSPS) is 19.4. The van der Waals surface area contributed by atoms with Crippen molar-refractivity contribution in [3.63, 3.8) is 0 Å². The van der Waals surface area contributed by atoms with Crippen molar-refractivity contribution in [3.8, 4) is 0 Å². The molecule has 1 heterocycles. The van der Waals surface area contributed by atoms with E-state index >= 15 is 0 Å². The summed E-state index contributed by atoms with van der Waals surface area (Å²) in [6, 6.07) is 8.70. The summed E-state index contributed by atoms with van der Waals surface area (Å²) in [5.74, 6) is 1.40. The minimum atomic E-state index is 0.423. The first-order chi connectivity index (χ1) is 9.56. The maximum absolute atomic E-state index is 5.98. The molecule has 0 saturated carbocycles. The maximum atomic E-state index is 5.98. The van der Waals surface area contributed by atoms with Gasteiger partial charge < -0.3 is 10.2 Å². The van der Waals surface area contributed by atoms with Gasteiger partial charge in [0.2, 0.25) is 0 Å². The Hall–Kier alpha value is -0.570. The van der Waals surface area contributed by atoms with Crippen molar-refractivity contribution >= 4 is 11.6 Å². The predicted octanol–water partition coefficient (Wildman–Crippen LogP) is 3.97. The Kier molecular flexibility index (Phi) is 5.88. The summed E-state index contributed by atoms with van der Waals surface area (Å²) in [7, 11) is 2.22. The van der Waals surface area contributed by atoms with Crippen LogP contribution in [0.3, 0.4) is 0 Å².